The van der Waals surface area contributed by atoms with E-state index in [1.54, 1.807) is 10.8 Å². The molecule has 1 N–H and O–H groups in total. The number of hydrogen-bond donors (Lipinski definition) is 1. The third-order valence-corrected chi connectivity index (χ3v) is 5.70. The Morgan fingerprint density at radius 3 is 2.24 bits per heavy atom. The molecule has 0 unspecified atom stereocenters. The quantitative estimate of drug-likeness (QED) is 0.874. The molecule has 2 aromatic rings. The molecule has 0 spiro atoms. The number of nitrogens with one attached hydrogen (secondary N) is 1. The van der Waals surface area contributed by atoms with E-state index in [1.807, 2.05) is 6.92 Å². The number of aromatic amines is 1. The molecule has 21 heavy (non-hydrogen) atoms. The van der Waals surface area contributed by atoms with E-state index in [-0.39, 0.29) is 11.2 Å². The third kappa shape index (κ3) is 3.61. The first-order valence-corrected chi connectivity index (χ1v) is 10.7. The average molecular weight is 302 g/mol. The number of benzene rings is 1. The summed E-state index contributed by atoms with van der Waals surface area (Å²) in [5.41, 5.74) is 1.06. The van der Waals surface area contributed by atoms with Crippen LogP contribution in [0, 0.1) is 0 Å². The normalized spacial score (nSPS) is 11.6. The van der Waals surface area contributed by atoms with E-state index in [9.17, 15) is 9.59 Å². The Kier molecular flexibility index (Phi) is 4.32. The fourth-order valence-corrected chi connectivity index (χ4v) is 3.40. The first kappa shape index (κ1) is 15.5. The van der Waals surface area contributed by atoms with Gasteiger partial charge < -0.3 is 0 Å². The van der Waals surface area contributed by atoms with E-state index in [0.29, 0.717) is 18.5 Å². The summed E-state index contributed by atoms with van der Waals surface area (Å²) in [6.07, 6.45) is 2.28. The second-order valence-corrected chi connectivity index (χ2v) is 11.4. The van der Waals surface area contributed by atoms with Crippen molar-refractivity contribution in [2.24, 2.45) is 0 Å². The van der Waals surface area contributed by atoms with Gasteiger partial charge in [0.1, 0.15) is 0 Å². The standard InChI is InChI=1S/C16H22N2O2Si/c1-5-13-11-18(16(20)17-15(13)19)10-12-6-8-14(9-7-12)21(2,3)4/h6-9,11H,5,10H2,1-4H3,(H,17,19,20). The topological polar surface area (TPSA) is 54.9 Å². The Labute approximate surface area is 125 Å². The molecule has 0 aliphatic carbocycles. The minimum atomic E-state index is -1.30. The predicted octanol–water partition coefficient (Wildman–Crippen LogP) is 1.69. The molecule has 0 amide bonds. The van der Waals surface area contributed by atoms with Gasteiger partial charge in [-0.05, 0) is 12.0 Å². The summed E-state index contributed by atoms with van der Waals surface area (Å²) >= 11 is 0. The van der Waals surface area contributed by atoms with E-state index in [1.165, 1.54) is 5.19 Å². The van der Waals surface area contributed by atoms with E-state index in [0.717, 1.165) is 5.56 Å². The molecule has 1 heterocycles. The summed E-state index contributed by atoms with van der Waals surface area (Å²) in [7, 11) is -1.30. The van der Waals surface area contributed by atoms with Crippen LogP contribution < -0.4 is 16.4 Å². The number of aryl methyl sites for hydroxylation is 1. The molecule has 0 atom stereocenters. The maximum atomic E-state index is 11.9. The summed E-state index contributed by atoms with van der Waals surface area (Å²) in [5, 5.41) is 1.40. The van der Waals surface area contributed by atoms with Crippen molar-refractivity contribution in [2.75, 3.05) is 0 Å². The van der Waals surface area contributed by atoms with E-state index in [2.05, 4.69) is 48.9 Å². The monoisotopic (exact) mass is 302 g/mol. The molecule has 112 valence electrons. The van der Waals surface area contributed by atoms with Crippen LogP contribution in [0.5, 0.6) is 0 Å². The summed E-state index contributed by atoms with van der Waals surface area (Å²) in [6.45, 7) is 9.31. The van der Waals surface area contributed by atoms with Crippen LogP contribution in [0.2, 0.25) is 19.6 Å². The van der Waals surface area contributed by atoms with Gasteiger partial charge in [0.05, 0.1) is 14.6 Å². The van der Waals surface area contributed by atoms with Gasteiger partial charge in [-0.3, -0.25) is 14.3 Å². The van der Waals surface area contributed by atoms with Crippen LogP contribution in [-0.2, 0) is 13.0 Å². The summed E-state index contributed by atoms with van der Waals surface area (Å²) in [6, 6.07) is 8.44. The van der Waals surface area contributed by atoms with Gasteiger partial charge in [-0.15, -0.1) is 0 Å². The van der Waals surface area contributed by atoms with Gasteiger partial charge in [0.2, 0.25) is 0 Å². The van der Waals surface area contributed by atoms with Crippen LogP contribution in [0.1, 0.15) is 18.1 Å². The van der Waals surface area contributed by atoms with Gasteiger partial charge in [-0.2, -0.15) is 0 Å². The lowest BCUT2D eigenvalue weighted by Gasteiger charge is -2.17. The Bertz CT molecular complexity index is 737. The molecule has 0 aliphatic heterocycles. The molecule has 2 rings (SSSR count). The third-order valence-electron chi connectivity index (χ3n) is 3.64. The van der Waals surface area contributed by atoms with Crippen molar-refractivity contribution in [2.45, 2.75) is 39.5 Å². The zero-order valence-electron chi connectivity index (χ0n) is 13.1. The molecule has 0 radical (unpaired) electrons. The second-order valence-electron chi connectivity index (χ2n) is 6.34. The Morgan fingerprint density at radius 1 is 1.10 bits per heavy atom. The van der Waals surface area contributed by atoms with Gasteiger partial charge in [0.25, 0.3) is 5.56 Å². The van der Waals surface area contributed by atoms with Crippen LogP contribution in [0.4, 0.5) is 0 Å². The lowest BCUT2D eigenvalue weighted by Crippen LogP contribution is -2.37. The van der Waals surface area contributed by atoms with Gasteiger partial charge in [-0.1, -0.05) is 56.0 Å². The number of rotatable bonds is 4. The van der Waals surface area contributed by atoms with Gasteiger partial charge >= 0.3 is 5.69 Å². The van der Waals surface area contributed by atoms with Gasteiger partial charge in [0, 0.05) is 11.8 Å². The summed E-state index contributed by atoms with van der Waals surface area (Å²) < 4.78 is 1.56. The van der Waals surface area contributed by atoms with Crippen LogP contribution in [0.25, 0.3) is 0 Å². The maximum absolute atomic E-state index is 11.9. The van der Waals surface area contributed by atoms with Crippen molar-refractivity contribution in [1.29, 1.82) is 0 Å². The second kappa shape index (κ2) is 5.85. The zero-order valence-corrected chi connectivity index (χ0v) is 14.1. The first-order chi connectivity index (χ1) is 9.81. The van der Waals surface area contributed by atoms with Crippen LogP contribution >= 0.6 is 0 Å². The highest BCUT2D eigenvalue weighted by atomic mass is 28.3. The van der Waals surface area contributed by atoms with Gasteiger partial charge in [0.15, 0.2) is 0 Å². The Balaban J connectivity index is 2.30. The Hall–Kier alpha value is -1.88. The zero-order chi connectivity index (χ0) is 15.6. The molecular formula is C16H22N2O2Si. The highest BCUT2D eigenvalue weighted by molar-refractivity contribution is 6.88. The molecule has 4 nitrogen and oxygen atoms in total. The molecule has 5 heteroatoms. The van der Waals surface area contributed by atoms with Crippen molar-refractivity contribution in [3.8, 4) is 0 Å². The van der Waals surface area contributed by atoms with Crippen molar-refractivity contribution in [3.05, 3.63) is 62.4 Å². The molecular weight excluding hydrogens is 280 g/mol. The van der Waals surface area contributed by atoms with E-state index >= 15 is 0 Å². The number of hydrogen-bond acceptors (Lipinski definition) is 2. The summed E-state index contributed by atoms with van der Waals surface area (Å²) in [4.78, 5) is 25.8. The molecule has 1 aromatic heterocycles. The maximum Gasteiger partial charge on any atom is 0.328 e. The largest absolute Gasteiger partial charge is 0.328 e. The lowest BCUT2D eigenvalue weighted by atomic mass is 10.2. The van der Waals surface area contributed by atoms with Crippen LogP contribution in [0.3, 0.4) is 0 Å². The molecule has 0 fully saturated rings. The van der Waals surface area contributed by atoms with Crippen molar-refractivity contribution in [1.82, 2.24) is 9.55 Å². The lowest BCUT2D eigenvalue weighted by molar-refractivity contribution is 0.708. The van der Waals surface area contributed by atoms with E-state index < -0.39 is 8.07 Å². The van der Waals surface area contributed by atoms with Crippen molar-refractivity contribution < 1.29 is 0 Å². The first-order valence-electron chi connectivity index (χ1n) is 7.23. The molecule has 0 bridgehead atoms. The fourth-order valence-electron chi connectivity index (χ4n) is 2.23. The molecule has 0 saturated heterocycles. The van der Waals surface area contributed by atoms with Crippen molar-refractivity contribution in [3.63, 3.8) is 0 Å². The number of nitrogens with zero attached hydrogens (tertiary/aromatic N) is 1. The smallest absolute Gasteiger partial charge is 0.296 e. The van der Waals surface area contributed by atoms with E-state index in [4.69, 9.17) is 0 Å². The van der Waals surface area contributed by atoms with Crippen LogP contribution in [-0.4, -0.2) is 17.6 Å². The fraction of sp³-hybridized carbons (Fsp3) is 0.375. The minimum absolute atomic E-state index is 0.284. The average Bonchev–Trinajstić information content (AvgIpc) is 2.41. The number of aromatic nitrogens is 2. The minimum Gasteiger partial charge on any atom is -0.296 e. The van der Waals surface area contributed by atoms with Crippen LogP contribution in [0.15, 0.2) is 40.1 Å². The molecule has 1 aromatic carbocycles. The molecule has 0 aliphatic rings. The number of H-pyrrole nitrogens is 1. The predicted molar refractivity (Wildman–Crippen MR) is 89.2 cm³/mol. The van der Waals surface area contributed by atoms with Crippen molar-refractivity contribution >= 4 is 13.3 Å². The molecule has 0 saturated carbocycles. The van der Waals surface area contributed by atoms with Gasteiger partial charge in [-0.25, -0.2) is 4.79 Å². The summed E-state index contributed by atoms with van der Waals surface area (Å²) in [5.74, 6) is 0. The highest BCUT2D eigenvalue weighted by Gasteiger charge is 2.15. The highest BCUT2D eigenvalue weighted by Crippen LogP contribution is 2.05. The SMILES string of the molecule is CCc1cn(Cc2ccc([Si](C)(C)C)cc2)c(=O)[nH]c1=O. The Morgan fingerprint density at radius 2 is 1.71 bits per heavy atom.